The monoisotopic (exact) mass is 426 g/mol. The van der Waals surface area contributed by atoms with Crippen LogP contribution in [-0.4, -0.2) is 27.6 Å². The van der Waals surface area contributed by atoms with Crippen molar-refractivity contribution in [3.8, 4) is 11.4 Å². The summed E-state index contributed by atoms with van der Waals surface area (Å²) in [4.78, 5) is 9.54. The zero-order valence-electron chi connectivity index (χ0n) is 16.1. The maximum Gasteiger partial charge on any atom is 0.157 e. The van der Waals surface area contributed by atoms with E-state index in [0.717, 1.165) is 65.3 Å². The van der Waals surface area contributed by atoms with Gasteiger partial charge in [0, 0.05) is 17.5 Å². The van der Waals surface area contributed by atoms with E-state index in [9.17, 15) is 0 Å². The number of benzene rings is 2. The van der Waals surface area contributed by atoms with Crippen LogP contribution in [0.4, 0.5) is 0 Å². The van der Waals surface area contributed by atoms with Gasteiger partial charge in [-0.2, -0.15) is 0 Å². The third kappa shape index (κ3) is 3.85. The third-order valence-corrected chi connectivity index (χ3v) is 6.06. The van der Waals surface area contributed by atoms with E-state index in [1.807, 2.05) is 18.2 Å². The lowest BCUT2D eigenvalue weighted by molar-refractivity contribution is 0.340. The normalized spacial score (nSPS) is 14.9. The summed E-state index contributed by atoms with van der Waals surface area (Å²) in [5.74, 6) is 1.73. The molecular weight excluding hydrogens is 403 g/mol. The number of aryl methyl sites for hydroxylation is 1. The highest BCUT2D eigenvalue weighted by molar-refractivity contribution is 6.35. The highest BCUT2D eigenvalue weighted by Gasteiger charge is 2.20. The molecule has 0 amide bonds. The second kappa shape index (κ2) is 8.70. The summed E-state index contributed by atoms with van der Waals surface area (Å²) >= 11 is 6.56. The van der Waals surface area contributed by atoms with Gasteiger partial charge in [0.05, 0.1) is 11.0 Å². The minimum Gasteiger partial charge on any atom is -0.323 e. The van der Waals surface area contributed by atoms with E-state index in [-0.39, 0.29) is 12.4 Å². The zero-order valence-corrected chi connectivity index (χ0v) is 17.7. The number of rotatable bonds is 4. The van der Waals surface area contributed by atoms with Crippen molar-refractivity contribution < 1.29 is 0 Å². The lowest BCUT2D eigenvalue weighted by Crippen LogP contribution is -2.28. The predicted octanol–water partition coefficient (Wildman–Crippen LogP) is 5.72. The summed E-state index contributed by atoms with van der Waals surface area (Å²) in [5.41, 5.74) is 3.93. The van der Waals surface area contributed by atoms with Crippen molar-refractivity contribution >= 4 is 45.9 Å². The number of aromatic nitrogens is 3. The Hall–Kier alpha value is -2.14. The molecule has 0 aliphatic carbocycles. The highest BCUT2D eigenvalue weighted by Crippen LogP contribution is 2.34. The molecule has 1 aliphatic rings. The van der Waals surface area contributed by atoms with Crippen LogP contribution >= 0.6 is 24.0 Å². The molecule has 2 aromatic heterocycles. The fraction of sp³-hybridized carbons (Fsp3) is 0.304. The predicted molar refractivity (Wildman–Crippen MR) is 123 cm³/mol. The molecule has 6 heteroatoms. The Morgan fingerprint density at radius 3 is 2.48 bits per heavy atom. The molecule has 4 aromatic rings. The van der Waals surface area contributed by atoms with E-state index in [1.54, 1.807) is 0 Å². The summed E-state index contributed by atoms with van der Waals surface area (Å²) in [7, 11) is 0. The molecule has 0 saturated carbocycles. The van der Waals surface area contributed by atoms with Crippen LogP contribution in [0.25, 0.3) is 33.3 Å². The number of halogens is 2. The van der Waals surface area contributed by atoms with Crippen molar-refractivity contribution in [3.05, 3.63) is 59.8 Å². The number of nitrogens with one attached hydrogen (secondary N) is 1. The van der Waals surface area contributed by atoms with Crippen molar-refractivity contribution in [2.24, 2.45) is 5.92 Å². The fourth-order valence-corrected chi connectivity index (χ4v) is 4.53. The summed E-state index contributed by atoms with van der Waals surface area (Å²) in [6.07, 6.45) is 3.65. The number of piperidine rings is 1. The molecule has 3 heterocycles. The van der Waals surface area contributed by atoms with E-state index in [1.165, 1.54) is 12.8 Å². The van der Waals surface area contributed by atoms with Gasteiger partial charge in [-0.05, 0) is 44.3 Å². The van der Waals surface area contributed by atoms with Crippen LogP contribution in [0.2, 0.25) is 5.15 Å². The van der Waals surface area contributed by atoms with Crippen molar-refractivity contribution in [1.29, 1.82) is 0 Å². The largest absolute Gasteiger partial charge is 0.323 e. The van der Waals surface area contributed by atoms with Gasteiger partial charge in [0.2, 0.25) is 0 Å². The second-order valence-electron chi connectivity index (χ2n) is 7.55. The summed E-state index contributed by atoms with van der Waals surface area (Å²) in [6.45, 7) is 3.19. The smallest absolute Gasteiger partial charge is 0.157 e. The Labute approximate surface area is 181 Å². The Bertz CT molecular complexity index is 1120. The number of para-hydroxylation sites is 1. The molecule has 1 fully saturated rings. The Balaban J connectivity index is 0.00000205. The van der Waals surface area contributed by atoms with Gasteiger partial charge in [-0.15, -0.1) is 12.4 Å². The van der Waals surface area contributed by atoms with E-state index >= 15 is 0 Å². The van der Waals surface area contributed by atoms with Crippen LogP contribution in [-0.2, 0) is 6.54 Å². The van der Waals surface area contributed by atoms with Crippen molar-refractivity contribution in [3.63, 3.8) is 0 Å². The number of imidazole rings is 1. The standard InChI is InChI=1S/C23H23ClN4.ClH/c24-22-20-21(18-8-4-5-9-19(18)26-22)28(15-12-16-10-13-25-14-11-16)23(27-20)17-6-2-1-3-7-17;/h1-9,16,25H,10-15H2;1H. The van der Waals surface area contributed by atoms with Crippen molar-refractivity contribution in [2.75, 3.05) is 13.1 Å². The number of fused-ring (bicyclic) bond motifs is 3. The van der Waals surface area contributed by atoms with Gasteiger partial charge in [-0.3, -0.25) is 0 Å². The molecule has 1 N–H and O–H groups in total. The molecule has 4 nitrogen and oxygen atoms in total. The molecule has 2 aromatic carbocycles. The zero-order chi connectivity index (χ0) is 18.9. The second-order valence-corrected chi connectivity index (χ2v) is 7.91. The van der Waals surface area contributed by atoms with E-state index in [4.69, 9.17) is 16.6 Å². The topological polar surface area (TPSA) is 42.7 Å². The Morgan fingerprint density at radius 2 is 1.69 bits per heavy atom. The quantitative estimate of drug-likeness (QED) is 0.424. The van der Waals surface area contributed by atoms with Crippen LogP contribution in [0.5, 0.6) is 0 Å². The van der Waals surface area contributed by atoms with Gasteiger partial charge in [-0.1, -0.05) is 60.1 Å². The van der Waals surface area contributed by atoms with Gasteiger partial charge < -0.3 is 9.88 Å². The molecule has 1 saturated heterocycles. The number of hydrogen-bond donors (Lipinski definition) is 1. The Morgan fingerprint density at radius 1 is 0.966 bits per heavy atom. The molecule has 0 bridgehead atoms. The third-order valence-electron chi connectivity index (χ3n) is 5.79. The molecule has 1 aliphatic heterocycles. The van der Waals surface area contributed by atoms with Gasteiger partial charge in [0.25, 0.3) is 0 Å². The van der Waals surface area contributed by atoms with E-state index in [2.05, 4.69) is 51.3 Å². The minimum atomic E-state index is 0. The van der Waals surface area contributed by atoms with Gasteiger partial charge in [0.15, 0.2) is 5.15 Å². The van der Waals surface area contributed by atoms with Gasteiger partial charge in [0.1, 0.15) is 11.3 Å². The molecule has 0 spiro atoms. The first-order valence-electron chi connectivity index (χ1n) is 10.0. The van der Waals surface area contributed by atoms with Crippen LogP contribution in [0.1, 0.15) is 19.3 Å². The molecule has 150 valence electrons. The number of hydrogen-bond acceptors (Lipinski definition) is 3. The van der Waals surface area contributed by atoms with Crippen LogP contribution < -0.4 is 5.32 Å². The minimum absolute atomic E-state index is 0. The van der Waals surface area contributed by atoms with E-state index < -0.39 is 0 Å². The first kappa shape index (κ1) is 20.1. The summed E-state index contributed by atoms with van der Waals surface area (Å²) in [5, 5.41) is 5.05. The van der Waals surface area contributed by atoms with Crippen LogP contribution in [0.3, 0.4) is 0 Å². The first-order chi connectivity index (χ1) is 13.8. The van der Waals surface area contributed by atoms with Crippen LogP contribution in [0.15, 0.2) is 54.6 Å². The molecule has 5 rings (SSSR count). The summed E-state index contributed by atoms with van der Waals surface area (Å²) < 4.78 is 2.36. The van der Waals surface area contributed by atoms with Gasteiger partial charge >= 0.3 is 0 Å². The van der Waals surface area contributed by atoms with Crippen molar-refractivity contribution in [1.82, 2.24) is 19.9 Å². The van der Waals surface area contributed by atoms with Gasteiger partial charge in [-0.25, -0.2) is 9.97 Å². The lowest BCUT2D eigenvalue weighted by Gasteiger charge is -2.23. The fourth-order valence-electron chi connectivity index (χ4n) is 4.31. The maximum absolute atomic E-state index is 6.56. The molecular formula is C23H24Cl2N4. The number of nitrogens with zero attached hydrogens (tertiary/aromatic N) is 3. The lowest BCUT2D eigenvalue weighted by atomic mass is 9.94. The molecule has 0 radical (unpaired) electrons. The Kier molecular flexibility index (Phi) is 6.04. The average Bonchev–Trinajstić information content (AvgIpc) is 3.14. The molecule has 0 atom stereocenters. The summed E-state index contributed by atoms with van der Waals surface area (Å²) in [6, 6.07) is 18.6. The highest BCUT2D eigenvalue weighted by atomic mass is 35.5. The SMILES string of the molecule is Cl.Clc1nc2ccccc2c2c1nc(-c1ccccc1)n2CCC1CCNCC1. The average molecular weight is 427 g/mol. The first-order valence-corrected chi connectivity index (χ1v) is 10.4. The van der Waals surface area contributed by atoms with Crippen LogP contribution in [0, 0.1) is 5.92 Å². The number of pyridine rings is 1. The van der Waals surface area contributed by atoms with Crippen molar-refractivity contribution in [2.45, 2.75) is 25.8 Å². The maximum atomic E-state index is 6.56. The molecule has 29 heavy (non-hydrogen) atoms. The molecule has 0 unspecified atom stereocenters. The van der Waals surface area contributed by atoms with E-state index in [0.29, 0.717) is 5.15 Å².